The molecular formula is C18H23NO4P+. The van der Waals surface area contributed by atoms with Gasteiger partial charge in [-0.2, -0.15) is 0 Å². The summed E-state index contributed by atoms with van der Waals surface area (Å²) in [6.07, 6.45) is 2.93. The fourth-order valence-electron chi connectivity index (χ4n) is 2.25. The van der Waals surface area contributed by atoms with Gasteiger partial charge < -0.3 is 4.74 Å². The first-order valence-electron chi connectivity index (χ1n) is 8.17. The van der Waals surface area contributed by atoms with Gasteiger partial charge in [0.05, 0.1) is 6.61 Å². The van der Waals surface area contributed by atoms with E-state index in [1.165, 1.54) is 0 Å². The molecule has 24 heavy (non-hydrogen) atoms. The average Bonchev–Trinajstić information content (AvgIpc) is 2.58. The first-order chi connectivity index (χ1) is 11.6. The number of esters is 1. The van der Waals surface area contributed by atoms with Crippen LogP contribution >= 0.6 is 8.18 Å². The van der Waals surface area contributed by atoms with Crippen molar-refractivity contribution in [2.75, 3.05) is 6.61 Å². The topological polar surface area (TPSA) is 64.6 Å². The normalized spacial score (nSPS) is 12.7. The zero-order valence-corrected chi connectivity index (χ0v) is 14.9. The van der Waals surface area contributed by atoms with Crippen LogP contribution in [0.5, 0.6) is 5.75 Å². The molecule has 0 saturated carbocycles. The number of nitrogens with one attached hydrogen (secondary N) is 1. The third-order valence-corrected chi connectivity index (χ3v) is 4.54. The molecule has 0 heterocycles. The summed E-state index contributed by atoms with van der Waals surface area (Å²) < 4.78 is 22.8. The first-order valence-corrected chi connectivity index (χ1v) is 9.35. The van der Waals surface area contributed by atoms with Crippen molar-refractivity contribution in [3.8, 4) is 5.75 Å². The minimum atomic E-state index is -2.22. The number of hydrogen-bond acceptors (Lipinski definition) is 4. The largest absolute Gasteiger partial charge is 0.664 e. The van der Waals surface area contributed by atoms with Gasteiger partial charge in [-0.3, -0.25) is 4.79 Å². The number of benzene rings is 2. The molecule has 0 aliphatic rings. The molecule has 0 fully saturated rings. The Kier molecular flexibility index (Phi) is 7.16. The molecule has 1 unspecified atom stereocenters. The number of hydrogen-bond donors (Lipinski definition) is 1. The number of rotatable bonds is 9. The second-order valence-electron chi connectivity index (χ2n) is 5.55. The third-order valence-electron chi connectivity index (χ3n) is 3.58. The van der Waals surface area contributed by atoms with Crippen LogP contribution in [0.25, 0.3) is 10.8 Å². The highest BCUT2D eigenvalue weighted by Gasteiger charge is 2.28. The highest BCUT2D eigenvalue weighted by molar-refractivity contribution is 7.37. The zero-order chi connectivity index (χ0) is 17.4. The zero-order valence-electron chi connectivity index (χ0n) is 14.0. The fourth-order valence-corrected chi connectivity index (χ4v) is 3.06. The quantitative estimate of drug-likeness (QED) is 0.408. The number of carbonyl (C=O) groups is 1. The first kappa shape index (κ1) is 18.4. The van der Waals surface area contributed by atoms with Gasteiger partial charge in [0.25, 0.3) is 0 Å². The number of unbranched alkanes of at least 4 members (excludes halogenated alkanes) is 2. The Morgan fingerprint density at radius 3 is 2.71 bits per heavy atom. The van der Waals surface area contributed by atoms with Gasteiger partial charge in [0.1, 0.15) is 6.04 Å². The maximum absolute atomic E-state index is 12.2. The highest BCUT2D eigenvalue weighted by atomic mass is 31.1. The van der Waals surface area contributed by atoms with Crippen molar-refractivity contribution in [1.82, 2.24) is 5.09 Å². The lowest BCUT2D eigenvalue weighted by atomic mass is 10.1. The Morgan fingerprint density at radius 2 is 1.92 bits per heavy atom. The van der Waals surface area contributed by atoms with Gasteiger partial charge in [0.15, 0.2) is 5.75 Å². The Morgan fingerprint density at radius 1 is 1.17 bits per heavy atom. The van der Waals surface area contributed by atoms with Crippen molar-refractivity contribution >= 4 is 24.9 Å². The summed E-state index contributed by atoms with van der Waals surface area (Å²) in [4.78, 5) is 11.8. The van der Waals surface area contributed by atoms with Gasteiger partial charge in [0, 0.05) is 9.95 Å². The van der Waals surface area contributed by atoms with Gasteiger partial charge in [-0.15, -0.1) is 0 Å². The Balaban J connectivity index is 1.89. The minimum Gasteiger partial charge on any atom is -0.464 e. The molecule has 0 aromatic heterocycles. The molecule has 2 aromatic carbocycles. The lowest BCUT2D eigenvalue weighted by Gasteiger charge is -2.07. The van der Waals surface area contributed by atoms with Crippen LogP contribution in [0.15, 0.2) is 42.5 Å². The second-order valence-corrected chi connectivity index (χ2v) is 6.51. The van der Waals surface area contributed by atoms with Crippen molar-refractivity contribution in [3.63, 3.8) is 0 Å². The van der Waals surface area contributed by atoms with Crippen molar-refractivity contribution in [3.05, 3.63) is 42.5 Å². The maximum atomic E-state index is 12.2. The molecule has 0 aliphatic carbocycles. The van der Waals surface area contributed by atoms with Gasteiger partial charge in [-0.1, -0.05) is 61.3 Å². The van der Waals surface area contributed by atoms with Crippen LogP contribution in [-0.2, 0) is 14.1 Å². The van der Waals surface area contributed by atoms with Crippen LogP contribution in [0.4, 0.5) is 0 Å². The summed E-state index contributed by atoms with van der Waals surface area (Å²) in [7, 11) is -2.22. The van der Waals surface area contributed by atoms with Gasteiger partial charge in [-0.05, 0) is 24.8 Å². The van der Waals surface area contributed by atoms with E-state index >= 15 is 0 Å². The van der Waals surface area contributed by atoms with E-state index in [0.717, 1.165) is 30.0 Å². The van der Waals surface area contributed by atoms with E-state index in [1.807, 2.05) is 36.4 Å². The highest BCUT2D eigenvalue weighted by Crippen LogP contribution is 2.31. The van der Waals surface area contributed by atoms with E-state index in [0.29, 0.717) is 12.4 Å². The minimum absolute atomic E-state index is 0.389. The second kappa shape index (κ2) is 9.36. The van der Waals surface area contributed by atoms with E-state index < -0.39 is 20.2 Å². The van der Waals surface area contributed by atoms with E-state index in [-0.39, 0.29) is 0 Å². The molecule has 0 radical (unpaired) electrons. The summed E-state index contributed by atoms with van der Waals surface area (Å²) in [6, 6.07) is 12.5. The number of fused-ring (bicyclic) bond motifs is 1. The van der Waals surface area contributed by atoms with Crippen molar-refractivity contribution in [1.29, 1.82) is 0 Å². The summed E-state index contributed by atoms with van der Waals surface area (Å²) in [6.45, 7) is 4.09. The van der Waals surface area contributed by atoms with Crippen molar-refractivity contribution < 1.29 is 18.6 Å². The van der Waals surface area contributed by atoms with E-state index in [9.17, 15) is 9.36 Å². The average molecular weight is 348 g/mol. The van der Waals surface area contributed by atoms with E-state index in [4.69, 9.17) is 9.26 Å². The van der Waals surface area contributed by atoms with Crippen molar-refractivity contribution in [2.24, 2.45) is 0 Å². The summed E-state index contributed by atoms with van der Waals surface area (Å²) in [5.74, 6) is 0.0983. The predicted molar refractivity (Wildman–Crippen MR) is 95.3 cm³/mol. The van der Waals surface area contributed by atoms with Gasteiger partial charge in [-0.25, -0.2) is 4.52 Å². The van der Waals surface area contributed by atoms with Crippen LogP contribution in [0, 0.1) is 0 Å². The van der Waals surface area contributed by atoms with Crippen LogP contribution in [0.1, 0.15) is 33.1 Å². The molecule has 6 heteroatoms. The van der Waals surface area contributed by atoms with E-state index in [1.54, 1.807) is 13.0 Å². The summed E-state index contributed by atoms with van der Waals surface area (Å²) in [5, 5.41) is 4.52. The number of carbonyl (C=O) groups excluding carboxylic acids is 1. The van der Waals surface area contributed by atoms with Crippen LogP contribution in [0.2, 0.25) is 0 Å². The molecule has 0 amide bonds. The molecule has 2 aromatic rings. The number of ether oxygens (including phenoxy) is 1. The van der Waals surface area contributed by atoms with Gasteiger partial charge in [0.2, 0.25) is 0 Å². The smallest absolute Gasteiger partial charge is 0.464 e. The SMILES string of the molecule is CCCCCOC(=O)[C@H](C)N[P+](=O)Oc1cccc2ccccc12. The van der Waals surface area contributed by atoms with Crippen molar-refractivity contribution in [2.45, 2.75) is 39.2 Å². The lowest BCUT2D eigenvalue weighted by molar-refractivity contribution is -0.145. The standard InChI is InChI=1S/C18H23NO4P/c1-3-4-7-13-22-18(20)14(2)19-24(21)23-17-12-8-10-15-9-5-6-11-16(15)17/h5-6,8-12,14H,3-4,7,13H2,1-2H3,(H,19,21)/q+1/t14-/m0/s1. The lowest BCUT2D eigenvalue weighted by Crippen LogP contribution is -2.31. The van der Waals surface area contributed by atoms with Gasteiger partial charge >= 0.3 is 14.1 Å². The Labute approximate surface area is 143 Å². The third kappa shape index (κ3) is 5.29. The molecule has 0 bridgehead atoms. The van der Waals surface area contributed by atoms with Crippen LogP contribution in [0.3, 0.4) is 0 Å². The molecule has 0 spiro atoms. The molecule has 1 N–H and O–H groups in total. The fraction of sp³-hybridized carbons (Fsp3) is 0.389. The molecule has 0 aliphatic heterocycles. The molecule has 5 nitrogen and oxygen atoms in total. The predicted octanol–water partition coefficient (Wildman–Crippen LogP) is 4.59. The Hall–Kier alpha value is -1.97. The Bertz CT molecular complexity index is 699. The molecule has 2 rings (SSSR count). The summed E-state index contributed by atoms with van der Waals surface area (Å²) >= 11 is 0. The van der Waals surface area contributed by atoms with Crippen LogP contribution in [-0.4, -0.2) is 18.6 Å². The molecular weight excluding hydrogens is 325 g/mol. The van der Waals surface area contributed by atoms with E-state index in [2.05, 4.69) is 12.0 Å². The molecule has 0 saturated heterocycles. The molecule has 2 atom stereocenters. The molecule has 128 valence electrons. The van der Waals surface area contributed by atoms with Crippen LogP contribution < -0.4 is 9.61 Å². The summed E-state index contributed by atoms with van der Waals surface area (Å²) in [5.41, 5.74) is 0. The maximum Gasteiger partial charge on any atom is 0.664 e. The monoisotopic (exact) mass is 348 g/mol.